The molecule has 0 bridgehead atoms. The number of aliphatic carboxylic acids is 1. The lowest BCUT2D eigenvalue weighted by atomic mass is 9.83. The van der Waals surface area contributed by atoms with Gasteiger partial charge in [-0.25, -0.2) is 14.8 Å². The fraction of sp³-hybridized carbons (Fsp3) is 0.577. The summed E-state index contributed by atoms with van der Waals surface area (Å²) in [6.07, 6.45) is -1.50. The lowest BCUT2D eigenvalue weighted by Crippen LogP contribution is -2.46. The van der Waals surface area contributed by atoms with E-state index in [-0.39, 0.29) is 24.1 Å². The van der Waals surface area contributed by atoms with Crippen molar-refractivity contribution in [2.75, 3.05) is 13.2 Å². The smallest absolute Gasteiger partial charge is 0.416 e. The number of imidazole rings is 1. The van der Waals surface area contributed by atoms with Gasteiger partial charge >= 0.3 is 12.1 Å². The van der Waals surface area contributed by atoms with Crippen LogP contribution in [0.15, 0.2) is 29.3 Å². The standard InChI is InChI=1S/C26H34F3N5O3/c1-15(2)14-37-16(3)23-31-22-20(34(23)13-18-7-9-19(10-8-18)26(27,28)29)21(30)33(24(32-22)25(35)36)12-11-17-5-4-6-17/h7-10,15-17,21H,4-6,11-14,30H2,1-3H3,(H,35,36). The van der Waals surface area contributed by atoms with Crippen molar-refractivity contribution < 1.29 is 27.8 Å². The molecule has 8 nitrogen and oxygen atoms in total. The predicted octanol–water partition coefficient (Wildman–Crippen LogP) is 5.26. The zero-order valence-electron chi connectivity index (χ0n) is 21.3. The Morgan fingerprint density at radius 2 is 1.89 bits per heavy atom. The molecule has 0 amide bonds. The van der Waals surface area contributed by atoms with Crippen molar-refractivity contribution in [1.29, 1.82) is 0 Å². The molecule has 2 unspecified atom stereocenters. The van der Waals surface area contributed by atoms with Gasteiger partial charge < -0.3 is 25.0 Å². The van der Waals surface area contributed by atoms with Crippen LogP contribution in [0.1, 0.15) is 81.4 Å². The molecule has 1 aromatic carbocycles. The van der Waals surface area contributed by atoms with E-state index < -0.39 is 30.0 Å². The molecular weight excluding hydrogens is 487 g/mol. The van der Waals surface area contributed by atoms with Crippen molar-refractivity contribution in [3.05, 3.63) is 46.9 Å². The molecule has 202 valence electrons. The summed E-state index contributed by atoms with van der Waals surface area (Å²) in [7, 11) is 0. The summed E-state index contributed by atoms with van der Waals surface area (Å²) < 4.78 is 47.0. The molecule has 2 atom stereocenters. The van der Waals surface area contributed by atoms with Gasteiger partial charge in [-0.1, -0.05) is 45.2 Å². The third-order valence-electron chi connectivity index (χ3n) is 6.98. The Balaban J connectivity index is 1.72. The summed E-state index contributed by atoms with van der Waals surface area (Å²) in [6.45, 7) is 6.98. The molecule has 11 heteroatoms. The van der Waals surface area contributed by atoms with Gasteiger partial charge in [0.2, 0.25) is 5.84 Å². The van der Waals surface area contributed by atoms with E-state index in [1.165, 1.54) is 18.6 Å². The van der Waals surface area contributed by atoms with E-state index in [0.717, 1.165) is 31.4 Å². The second-order valence-electron chi connectivity index (χ2n) is 10.3. The molecule has 2 aliphatic rings. The lowest BCUT2D eigenvalue weighted by molar-refractivity contribution is -0.137. The van der Waals surface area contributed by atoms with Crippen molar-refractivity contribution >= 4 is 17.6 Å². The number of ether oxygens (including phenoxy) is 1. The topological polar surface area (TPSA) is 106 Å². The Hall–Kier alpha value is -2.92. The molecule has 4 rings (SSSR count). The van der Waals surface area contributed by atoms with Crippen LogP contribution < -0.4 is 5.73 Å². The molecule has 1 aliphatic heterocycles. The van der Waals surface area contributed by atoms with Gasteiger partial charge in [-0.2, -0.15) is 13.2 Å². The monoisotopic (exact) mass is 521 g/mol. The molecule has 1 aromatic heterocycles. The van der Waals surface area contributed by atoms with Gasteiger partial charge in [0, 0.05) is 19.7 Å². The second-order valence-corrected chi connectivity index (χ2v) is 10.3. The van der Waals surface area contributed by atoms with Crippen molar-refractivity contribution in [2.24, 2.45) is 22.6 Å². The highest BCUT2D eigenvalue weighted by atomic mass is 19.4. The van der Waals surface area contributed by atoms with E-state index in [1.807, 2.05) is 25.3 Å². The van der Waals surface area contributed by atoms with Crippen LogP contribution in [-0.4, -0.2) is 44.5 Å². The molecule has 0 saturated heterocycles. The number of hydrogen-bond acceptors (Lipinski definition) is 6. The van der Waals surface area contributed by atoms with Crippen molar-refractivity contribution in [3.63, 3.8) is 0 Å². The Kier molecular flexibility index (Phi) is 7.94. The van der Waals surface area contributed by atoms with Crippen LogP contribution >= 0.6 is 0 Å². The maximum atomic E-state index is 13.1. The number of nitrogens with zero attached hydrogens (tertiary/aromatic N) is 4. The van der Waals surface area contributed by atoms with Crippen molar-refractivity contribution in [3.8, 4) is 0 Å². The first-order valence-electron chi connectivity index (χ1n) is 12.7. The molecule has 1 saturated carbocycles. The maximum Gasteiger partial charge on any atom is 0.416 e. The zero-order chi connectivity index (χ0) is 26.9. The maximum absolute atomic E-state index is 13.1. The van der Waals surface area contributed by atoms with Crippen molar-refractivity contribution in [2.45, 2.75) is 71.4 Å². The van der Waals surface area contributed by atoms with Gasteiger partial charge in [0.15, 0.2) is 5.82 Å². The number of alkyl halides is 3. The molecule has 3 N–H and O–H groups in total. The fourth-order valence-corrected chi connectivity index (χ4v) is 4.68. The van der Waals surface area contributed by atoms with Crippen LogP contribution in [0.3, 0.4) is 0 Å². The summed E-state index contributed by atoms with van der Waals surface area (Å²) in [5, 5.41) is 9.87. The molecule has 1 aliphatic carbocycles. The van der Waals surface area contributed by atoms with Crippen LogP contribution in [0.5, 0.6) is 0 Å². The number of aliphatic imine (C=N–C) groups is 1. The molecule has 1 fully saturated rings. The highest BCUT2D eigenvalue weighted by Crippen LogP contribution is 2.37. The number of amidine groups is 1. The summed E-state index contributed by atoms with van der Waals surface area (Å²) in [6, 6.07) is 4.94. The SMILES string of the molecule is CC(C)COC(C)c1nc2c(n1Cc1ccc(C(F)(F)F)cc1)C(N)N(CCC1CCC1)C(C(=O)O)=N2. The molecule has 0 radical (unpaired) electrons. The van der Waals surface area contributed by atoms with E-state index >= 15 is 0 Å². The highest BCUT2D eigenvalue weighted by molar-refractivity contribution is 6.35. The number of benzene rings is 1. The molecule has 2 aromatic rings. The molecule has 2 heterocycles. The number of rotatable bonds is 10. The summed E-state index contributed by atoms with van der Waals surface area (Å²) >= 11 is 0. The van der Waals surface area contributed by atoms with Crippen LogP contribution in [0.25, 0.3) is 0 Å². The lowest BCUT2D eigenvalue weighted by Gasteiger charge is -2.36. The quantitative estimate of drug-likeness (QED) is 0.442. The minimum Gasteiger partial charge on any atom is -0.475 e. The normalized spacial score (nSPS) is 19.0. The number of aromatic nitrogens is 2. The minimum absolute atomic E-state index is 0.152. The number of halogens is 3. The van der Waals surface area contributed by atoms with Gasteiger partial charge in [-0.05, 0) is 42.9 Å². The average molecular weight is 522 g/mol. The van der Waals surface area contributed by atoms with Gasteiger partial charge in [0.1, 0.15) is 23.8 Å². The van der Waals surface area contributed by atoms with Crippen LogP contribution in [0, 0.1) is 11.8 Å². The van der Waals surface area contributed by atoms with Crippen molar-refractivity contribution in [1.82, 2.24) is 14.5 Å². The fourth-order valence-electron chi connectivity index (χ4n) is 4.68. The van der Waals surface area contributed by atoms with Crippen LogP contribution in [0.2, 0.25) is 0 Å². The van der Waals surface area contributed by atoms with Gasteiger partial charge in [0.05, 0.1) is 5.56 Å². The number of carboxylic acid groups (broad SMARTS) is 1. The summed E-state index contributed by atoms with van der Waals surface area (Å²) in [4.78, 5) is 22.7. The van der Waals surface area contributed by atoms with E-state index in [1.54, 1.807) is 4.90 Å². The molecule has 0 spiro atoms. The largest absolute Gasteiger partial charge is 0.475 e. The first-order chi connectivity index (χ1) is 17.5. The third kappa shape index (κ3) is 5.98. The average Bonchev–Trinajstić information content (AvgIpc) is 3.15. The van der Waals surface area contributed by atoms with Gasteiger partial charge in [0.25, 0.3) is 0 Å². The number of carbonyl (C=O) groups is 1. The first kappa shape index (κ1) is 27.1. The summed E-state index contributed by atoms with van der Waals surface area (Å²) in [5.41, 5.74) is 7.08. The third-order valence-corrected chi connectivity index (χ3v) is 6.98. The first-order valence-corrected chi connectivity index (χ1v) is 12.7. The van der Waals surface area contributed by atoms with E-state index in [4.69, 9.17) is 10.5 Å². The second kappa shape index (κ2) is 10.8. The Morgan fingerprint density at radius 3 is 2.43 bits per heavy atom. The Bertz CT molecular complexity index is 1140. The minimum atomic E-state index is -4.43. The predicted molar refractivity (Wildman–Crippen MR) is 132 cm³/mol. The molecular formula is C26H34F3N5O3. The van der Waals surface area contributed by atoms with E-state index in [2.05, 4.69) is 9.98 Å². The zero-order valence-corrected chi connectivity index (χ0v) is 21.3. The van der Waals surface area contributed by atoms with Crippen LogP contribution in [-0.2, 0) is 22.3 Å². The summed E-state index contributed by atoms with van der Waals surface area (Å²) in [5.74, 6) is 0.178. The number of nitrogens with two attached hydrogens (primary N) is 1. The van der Waals surface area contributed by atoms with Gasteiger partial charge in [-0.3, -0.25) is 0 Å². The van der Waals surface area contributed by atoms with Gasteiger partial charge in [-0.15, -0.1) is 0 Å². The van der Waals surface area contributed by atoms with E-state index in [9.17, 15) is 23.1 Å². The number of carboxylic acids is 1. The highest BCUT2D eigenvalue weighted by Gasteiger charge is 2.37. The Labute approximate surface area is 214 Å². The van der Waals surface area contributed by atoms with E-state index in [0.29, 0.717) is 36.2 Å². The van der Waals surface area contributed by atoms with Crippen LogP contribution in [0.4, 0.5) is 19.0 Å². The molecule has 37 heavy (non-hydrogen) atoms. The Morgan fingerprint density at radius 1 is 1.22 bits per heavy atom. The number of hydrogen-bond donors (Lipinski definition) is 2. The number of fused-ring (bicyclic) bond motifs is 1.